The number of aromatic nitrogens is 2. The van der Waals surface area contributed by atoms with Crippen molar-refractivity contribution in [1.82, 2.24) is 9.97 Å². The maximum Gasteiger partial charge on any atom is 0.132 e. The molecule has 2 atom stereocenters. The predicted molar refractivity (Wildman–Crippen MR) is 65.4 cm³/mol. The van der Waals surface area contributed by atoms with E-state index in [9.17, 15) is 0 Å². The van der Waals surface area contributed by atoms with Crippen LogP contribution in [0.3, 0.4) is 0 Å². The Labute approximate surface area is 96.9 Å². The van der Waals surface area contributed by atoms with Gasteiger partial charge in [0, 0.05) is 30.9 Å². The van der Waals surface area contributed by atoms with Crippen molar-refractivity contribution in [2.75, 3.05) is 18.0 Å². The average molecular weight is 220 g/mol. The molecule has 0 radical (unpaired) electrons. The van der Waals surface area contributed by atoms with E-state index in [1.54, 1.807) is 6.33 Å². The number of anilines is 1. The highest BCUT2D eigenvalue weighted by atomic mass is 15.2. The van der Waals surface area contributed by atoms with Gasteiger partial charge >= 0.3 is 0 Å². The molecule has 4 heteroatoms. The molecule has 2 heterocycles. The van der Waals surface area contributed by atoms with Gasteiger partial charge < -0.3 is 10.6 Å². The lowest BCUT2D eigenvalue weighted by atomic mass is 9.91. The number of aryl methyl sites for hydroxylation is 1. The first-order valence-electron chi connectivity index (χ1n) is 6.00. The van der Waals surface area contributed by atoms with Crippen LogP contribution in [-0.4, -0.2) is 29.1 Å². The number of rotatable bonds is 2. The molecule has 1 aliphatic heterocycles. The molecule has 1 aliphatic rings. The summed E-state index contributed by atoms with van der Waals surface area (Å²) in [4.78, 5) is 10.8. The first-order chi connectivity index (χ1) is 7.70. The summed E-state index contributed by atoms with van der Waals surface area (Å²) in [5.74, 6) is 1.63. The number of piperidine rings is 1. The van der Waals surface area contributed by atoms with E-state index < -0.39 is 0 Å². The van der Waals surface area contributed by atoms with Gasteiger partial charge in [-0.15, -0.1) is 0 Å². The van der Waals surface area contributed by atoms with Crippen molar-refractivity contribution in [2.45, 2.75) is 32.7 Å². The van der Waals surface area contributed by atoms with E-state index in [2.05, 4.69) is 21.8 Å². The second-order valence-corrected chi connectivity index (χ2v) is 4.58. The molecule has 1 saturated heterocycles. The summed E-state index contributed by atoms with van der Waals surface area (Å²) in [6.45, 7) is 6.24. The summed E-state index contributed by atoms with van der Waals surface area (Å²) in [6, 6.07) is 2.40. The normalized spacial score (nSPS) is 25.8. The van der Waals surface area contributed by atoms with Crippen molar-refractivity contribution < 1.29 is 0 Å². The Kier molecular flexibility index (Phi) is 3.39. The van der Waals surface area contributed by atoms with Crippen LogP contribution in [0.2, 0.25) is 0 Å². The lowest BCUT2D eigenvalue weighted by Gasteiger charge is -2.37. The Hall–Kier alpha value is -1.16. The van der Waals surface area contributed by atoms with Crippen LogP contribution < -0.4 is 10.6 Å². The third-order valence-electron chi connectivity index (χ3n) is 3.43. The van der Waals surface area contributed by atoms with E-state index in [0.717, 1.165) is 37.4 Å². The molecule has 88 valence electrons. The fourth-order valence-corrected chi connectivity index (χ4v) is 2.30. The van der Waals surface area contributed by atoms with Crippen LogP contribution in [0.1, 0.15) is 25.5 Å². The van der Waals surface area contributed by atoms with Gasteiger partial charge in [0.1, 0.15) is 12.1 Å². The molecule has 2 N–H and O–H groups in total. The van der Waals surface area contributed by atoms with Crippen LogP contribution in [0.5, 0.6) is 0 Å². The van der Waals surface area contributed by atoms with Gasteiger partial charge in [-0.1, -0.05) is 13.3 Å². The molecule has 0 saturated carbocycles. The lowest BCUT2D eigenvalue weighted by Crippen LogP contribution is -2.47. The van der Waals surface area contributed by atoms with Gasteiger partial charge in [-0.2, -0.15) is 0 Å². The lowest BCUT2D eigenvalue weighted by molar-refractivity contribution is 0.346. The third kappa shape index (κ3) is 2.32. The summed E-state index contributed by atoms with van der Waals surface area (Å²) in [5, 5.41) is 0. The monoisotopic (exact) mass is 220 g/mol. The van der Waals surface area contributed by atoms with E-state index in [-0.39, 0.29) is 0 Å². The van der Waals surface area contributed by atoms with E-state index in [0.29, 0.717) is 12.0 Å². The van der Waals surface area contributed by atoms with Crippen molar-refractivity contribution in [3.8, 4) is 0 Å². The van der Waals surface area contributed by atoms with Crippen LogP contribution in [0, 0.1) is 12.8 Å². The van der Waals surface area contributed by atoms with Crippen LogP contribution in [0.4, 0.5) is 5.82 Å². The van der Waals surface area contributed by atoms with Crippen LogP contribution in [0.25, 0.3) is 0 Å². The molecular weight excluding hydrogens is 200 g/mol. The minimum atomic E-state index is 0.351. The molecule has 4 nitrogen and oxygen atoms in total. The summed E-state index contributed by atoms with van der Waals surface area (Å²) in [5.41, 5.74) is 7.12. The zero-order valence-electron chi connectivity index (χ0n) is 10.1. The van der Waals surface area contributed by atoms with Gasteiger partial charge in [-0.25, -0.2) is 9.97 Å². The molecule has 0 aromatic carbocycles. The van der Waals surface area contributed by atoms with Gasteiger partial charge in [0.25, 0.3) is 0 Å². The van der Waals surface area contributed by atoms with Gasteiger partial charge in [0.2, 0.25) is 0 Å². The summed E-state index contributed by atoms with van der Waals surface area (Å²) < 4.78 is 0. The number of nitrogens with zero attached hydrogens (tertiary/aromatic N) is 3. The van der Waals surface area contributed by atoms with Crippen molar-refractivity contribution in [1.29, 1.82) is 0 Å². The first-order valence-corrected chi connectivity index (χ1v) is 6.00. The molecule has 1 aromatic rings. The Morgan fingerprint density at radius 3 is 3.00 bits per heavy atom. The van der Waals surface area contributed by atoms with Crippen LogP contribution in [-0.2, 0) is 0 Å². The molecule has 2 unspecified atom stereocenters. The van der Waals surface area contributed by atoms with Gasteiger partial charge in [0.05, 0.1) is 0 Å². The van der Waals surface area contributed by atoms with Gasteiger partial charge in [0.15, 0.2) is 0 Å². The Balaban J connectivity index is 2.11. The predicted octanol–water partition coefficient (Wildman–Crippen LogP) is 1.35. The van der Waals surface area contributed by atoms with E-state index in [4.69, 9.17) is 5.73 Å². The smallest absolute Gasteiger partial charge is 0.132 e. The van der Waals surface area contributed by atoms with E-state index in [1.807, 2.05) is 13.0 Å². The summed E-state index contributed by atoms with van der Waals surface area (Å²) in [7, 11) is 0. The van der Waals surface area contributed by atoms with Gasteiger partial charge in [-0.3, -0.25) is 0 Å². The molecule has 1 fully saturated rings. The quantitative estimate of drug-likeness (QED) is 0.817. The fourth-order valence-electron chi connectivity index (χ4n) is 2.30. The van der Waals surface area contributed by atoms with Crippen molar-refractivity contribution in [3.63, 3.8) is 0 Å². The van der Waals surface area contributed by atoms with Crippen molar-refractivity contribution >= 4 is 5.82 Å². The minimum absolute atomic E-state index is 0.351. The molecule has 2 rings (SSSR count). The molecule has 1 aromatic heterocycles. The summed E-state index contributed by atoms with van der Waals surface area (Å²) >= 11 is 0. The highest BCUT2D eigenvalue weighted by molar-refractivity contribution is 5.39. The molecule has 16 heavy (non-hydrogen) atoms. The Bertz CT molecular complexity index is 353. The van der Waals surface area contributed by atoms with E-state index in [1.165, 1.54) is 0 Å². The second-order valence-electron chi connectivity index (χ2n) is 4.58. The SMILES string of the molecule is CCC1CN(c2cc(C)ncn2)CCC1N. The fraction of sp³-hybridized carbons (Fsp3) is 0.667. The van der Waals surface area contributed by atoms with Crippen LogP contribution >= 0.6 is 0 Å². The summed E-state index contributed by atoms with van der Waals surface area (Å²) in [6.07, 6.45) is 3.84. The third-order valence-corrected chi connectivity index (χ3v) is 3.43. The second kappa shape index (κ2) is 4.78. The molecule has 0 amide bonds. The molecule has 0 aliphatic carbocycles. The van der Waals surface area contributed by atoms with E-state index >= 15 is 0 Å². The maximum atomic E-state index is 6.10. The first kappa shape index (κ1) is 11.3. The maximum absolute atomic E-state index is 6.10. The van der Waals surface area contributed by atoms with Crippen molar-refractivity contribution in [2.24, 2.45) is 11.7 Å². The van der Waals surface area contributed by atoms with Crippen molar-refractivity contribution in [3.05, 3.63) is 18.1 Å². The number of hydrogen-bond acceptors (Lipinski definition) is 4. The Morgan fingerprint density at radius 1 is 1.50 bits per heavy atom. The number of hydrogen-bond donors (Lipinski definition) is 1. The largest absolute Gasteiger partial charge is 0.356 e. The van der Waals surface area contributed by atoms with Crippen LogP contribution in [0.15, 0.2) is 12.4 Å². The highest BCUT2D eigenvalue weighted by Gasteiger charge is 2.25. The Morgan fingerprint density at radius 2 is 2.31 bits per heavy atom. The minimum Gasteiger partial charge on any atom is -0.356 e. The number of nitrogens with two attached hydrogens (primary N) is 1. The molecule has 0 bridgehead atoms. The molecule has 0 spiro atoms. The zero-order valence-corrected chi connectivity index (χ0v) is 10.1. The topological polar surface area (TPSA) is 55.0 Å². The zero-order chi connectivity index (χ0) is 11.5. The standard InChI is InChI=1S/C12H20N4/c1-3-10-7-16(5-4-11(10)13)12-6-9(2)14-8-15-12/h6,8,10-11H,3-5,7,13H2,1-2H3. The molecular formula is C12H20N4. The van der Waals surface area contributed by atoms with Gasteiger partial charge in [-0.05, 0) is 19.3 Å². The highest BCUT2D eigenvalue weighted by Crippen LogP contribution is 2.22. The average Bonchev–Trinajstić information content (AvgIpc) is 2.29.